The Bertz CT molecular complexity index is 304. The summed E-state index contributed by atoms with van der Waals surface area (Å²) >= 11 is 3.32. The Morgan fingerprint density at radius 2 is 2.23 bits per heavy atom. The third kappa shape index (κ3) is 4.05. The van der Waals surface area contributed by atoms with Crippen LogP contribution in [0.4, 0.5) is 0 Å². The van der Waals surface area contributed by atoms with Crippen LogP contribution in [0, 0.1) is 11.3 Å². The van der Waals surface area contributed by atoms with E-state index in [1.807, 2.05) is 18.2 Å². The van der Waals surface area contributed by atoms with Crippen molar-refractivity contribution in [3.8, 4) is 6.07 Å². The fourth-order valence-electron chi connectivity index (χ4n) is 1.10. The van der Waals surface area contributed by atoms with Gasteiger partial charge >= 0.3 is 0 Å². The van der Waals surface area contributed by atoms with Gasteiger partial charge in [0, 0.05) is 12.1 Å². The van der Waals surface area contributed by atoms with Crippen molar-refractivity contribution in [1.29, 1.82) is 5.26 Å². The number of halogens is 1. The van der Waals surface area contributed by atoms with Crippen LogP contribution in [0.1, 0.15) is 25.0 Å². The molecule has 0 N–H and O–H groups in total. The number of aryl methyl sites for hydroxylation is 1. The van der Waals surface area contributed by atoms with E-state index >= 15 is 0 Å². The van der Waals surface area contributed by atoms with Crippen LogP contribution in [0.15, 0.2) is 22.8 Å². The van der Waals surface area contributed by atoms with Gasteiger partial charge in [0.25, 0.3) is 0 Å². The first-order chi connectivity index (χ1) is 6.33. The maximum absolute atomic E-state index is 8.33. The molecule has 1 aromatic rings. The number of pyridine rings is 1. The van der Waals surface area contributed by atoms with Crippen LogP contribution < -0.4 is 0 Å². The Morgan fingerprint density at radius 1 is 1.38 bits per heavy atom. The lowest BCUT2D eigenvalue weighted by Gasteiger charge is -1.98. The molecule has 2 nitrogen and oxygen atoms in total. The van der Waals surface area contributed by atoms with Gasteiger partial charge in [-0.1, -0.05) is 6.07 Å². The van der Waals surface area contributed by atoms with Gasteiger partial charge in [0.1, 0.15) is 4.60 Å². The number of aromatic nitrogens is 1. The van der Waals surface area contributed by atoms with Gasteiger partial charge in [-0.2, -0.15) is 5.26 Å². The van der Waals surface area contributed by atoms with Gasteiger partial charge in [0.15, 0.2) is 0 Å². The van der Waals surface area contributed by atoms with Crippen molar-refractivity contribution in [2.75, 3.05) is 0 Å². The minimum absolute atomic E-state index is 0.647. The Labute approximate surface area is 86.7 Å². The molecule has 0 aliphatic heterocycles. The van der Waals surface area contributed by atoms with E-state index in [1.165, 1.54) is 0 Å². The highest BCUT2D eigenvalue weighted by Gasteiger charge is 1.95. The number of unbranched alkanes of at least 4 members (excludes halogenated alkanes) is 2. The highest BCUT2D eigenvalue weighted by molar-refractivity contribution is 9.10. The summed E-state index contributed by atoms with van der Waals surface area (Å²) < 4.78 is 0.880. The zero-order chi connectivity index (χ0) is 9.52. The van der Waals surface area contributed by atoms with Gasteiger partial charge in [-0.15, -0.1) is 0 Å². The summed E-state index contributed by atoms with van der Waals surface area (Å²) in [4.78, 5) is 4.30. The monoisotopic (exact) mass is 238 g/mol. The highest BCUT2D eigenvalue weighted by Crippen LogP contribution is 2.09. The van der Waals surface area contributed by atoms with Gasteiger partial charge in [-0.25, -0.2) is 4.98 Å². The predicted molar refractivity (Wildman–Crippen MR) is 55.1 cm³/mol. The van der Waals surface area contributed by atoms with E-state index in [0.29, 0.717) is 6.42 Å². The van der Waals surface area contributed by atoms with Crippen LogP contribution in [-0.4, -0.2) is 4.98 Å². The normalized spacial score (nSPS) is 9.54. The number of nitrogens with zero attached hydrogens (tertiary/aromatic N) is 2. The molecule has 0 spiro atoms. The SMILES string of the molecule is N#CCCCCc1cccc(Br)n1. The predicted octanol–water partition coefficient (Wildman–Crippen LogP) is 3.08. The zero-order valence-electron chi connectivity index (χ0n) is 7.33. The van der Waals surface area contributed by atoms with E-state index in [1.54, 1.807) is 0 Å². The van der Waals surface area contributed by atoms with Crippen LogP contribution in [0.2, 0.25) is 0 Å². The second kappa shape index (κ2) is 5.71. The fraction of sp³-hybridized carbons (Fsp3) is 0.400. The molecule has 1 rings (SSSR count). The topological polar surface area (TPSA) is 36.7 Å². The fourth-order valence-corrected chi connectivity index (χ4v) is 1.48. The Hall–Kier alpha value is -0.880. The summed E-state index contributed by atoms with van der Waals surface area (Å²) in [7, 11) is 0. The average molecular weight is 239 g/mol. The molecule has 0 amide bonds. The van der Waals surface area contributed by atoms with Crippen molar-refractivity contribution in [2.45, 2.75) is 25.7 Å². The van der Waals surface area contributed by atoms with Crippen LogP contribution in [0.5, 0.6) is 0 Å². The minimum atomic E-state index is 0.647. The van der Waals surface area contributed by atoms with E-state index < -0.39 is 0 Å². The second-order valence-corrected chi connectivity index (χ2v) is 3.63. The van der Waals surface area contributed by atoms with Crippen molar-refractivity contribution >= 4 is 15.9 Å². The molecule has 0 aromatic carbocycles. The van der Waals surface area contributed by atoms with Crippen LogP contribution in [0.25, 0.3) is 0 Å². The largest absolute Gasteiger partial charge is 0.246 e. The van der Waals surface area contributed by atoms with Crippen LogP contribution in [-0.2, 0) is 6.42 Å². The van der Waals surface area contributed by atoms with E-state index in [0.717, 1.165) is 29.6 Å². The number of rotatable bonds is 4. The van der Waals surface area contributed by atoms with E-state index in [4.69, 9.17) is 5.26 Å². The van der Waals surface area contributed by atoms with Crippen molar-refractivity contribution in [3.63, 3.8) is 0 Å². The van der Waals surface area contributed by atoms with Crippen LogP contribution >= 0.6 is 15.9 Å². The van der Waals surface area contributed by atoms with Gasteiger partial charge in [-0.3, -0.25) is 0 Å². The van der Waals surface area contributed by atoms with E-state index in [9.17, 15) is 0 Å². The maximum atomic E-state index is 8.33. The lowest BCUT2D eigenvalue weighted by molar-refractivity contribution is 0.738. The van der Waals surface area contributed by atoms with Crippen molar-refractivity contribution < 1.29 is 0 Å². The molecular weight excluding hydrogens is 228 g/mol. The molecule has 0 radical (unpaired) electrons. The molecular formula is C10H11BrN2. The summed E-state index contributed by atoms with van der Waals surface area (Å²) in [5, 5.41) is 8.33. The first-order valence-corrected chi connectivity index (χ1v) is 5.10. The summed E-state index contributed by atoms with van der Waals surface area (Å²) in [6.45, 7) is 0. The Balaban J connectivity index is 2.33. The highest BCUT2D eigenvalue weighted by atomic mass is 79.9. The standard InChI is InChI=1S/C10H11BrN2/c11-10-7-4-6-9(13-10)5-2-1-3-8-12/h4,6-7H,1-3,5H2. The van der Waals surface area contributed by atoms with Gasteiger partial charge in [-0.05, 0) is 47.3 Å². The first kappa shape index (κ1) is 10.2. The summed E-state index contributed by atoms with van der Waals surface area (Å²) in [5.74, 6) is 0. The number of hydrogen-bond donors (Lipinski definition) is 0. The molecule has 0 aliphatic rings. The van der Waals surface area contributed by atoms with E-state index in [-0.39, 0.29) is 0 Å². The smallest absolute Gasteiger partial charge is 0.106 e. The quantitative estimate of drug-likeness (QED) is 0.598. The molecule has 0 unspecified atom stereocenters. The third-order valence-electron chi connectivity index (χ3n) is 1.74. The molecule has 13 heavy (non-hydrogen) atoms. The number of nitriles is 1. The molecule has 1 heterocycles. The van der Waals surface area contributed by atoms with Crippen molar-refractivity contribution in [1.82, 2.24) is 4.98 Å². The van der Waals surface area contributed by atoms with Gasteiger partial charge in [0.2, 0.25) is 0 Å². The Kier molecular flexibility index (Phi) is 4.48. The van der Waals surface area contributed by atoms with E-state index in [2.05, 4.69) is 27.0 Å². The third-order valence-corrected chi connectivity index (χ3v) is 2.19. The minimum Gasteiger partial charge on any atom is -0.246 e. The molecule has 0 saturated heterocycles. The summed E-state index contributed by atoms with van der Waals surface area (Å²) in [5.41, 5.74) is 1.09. The lowest BCUT2D eigenvalue weighted by atomic mass is 10.1. The zero-order valence-corrected chi connectivity index (χ0v) is 8.92. The molecule has 0 aliphatic carbocycles. The molecule has 0 saturated carbocycles. The molecule has 0 fully saturated rings. The first-order valence-electron chi connectivity index (χ1n) is 4.31. The maximum Gasteiger partial charge on any atom is 0.106 e. The van der Waals surface area contributed by atoms with Gasteiger partial charge in [0.05, 0.1) is 6.07 Å². The summed E-state index contributed by atoms with van der Waals surface area (Å²) in [6.07, 6.45) is 3.61. The van der Waals surface area contributed by atoms with Crippen molar-refractivity contribution in [2.24, 2.45) is 0 Å². The average Bonchev–Trinajstić information content (AvgIpc) is 2.13. The molecule has 1 aromatic heterocycles. The lowest BCUT2D eigenvalue weighted by Crippen LogP contribution is -1.89. The second-order valence-electron chi connectivity index (χ2n) is 2.82. The van der Waals surface area contributed by atoms with Gasteiger partial charge < -0.3 is 0 Å². The molecule has 0 bridgehead atoms. The van der Waals surface area contributed by atoms with Crippen molar-refractivity contribution in [3.05, 3.63) is 28.5 Å². The Morgan fingerprint density at radius 3 is 2.92 bits per heavy atom. The van der Waals surface area contributed by atoms with Crippen LogP contribution in [0.3, 0.4) is 0 Å². The number of hydrogen-bond acceptors (Lipinski definition) is 2. The molecule has 68 valence electrons. The molecule has 3 heteroatoms. The molecule has 0 atom stereocenters. The summed E-state index contributed by atoms with van der Waals surface area (Å²) in [6, 6.07) is 8.05.